The summed E-state index contributed by atoms with van der Waals surface area (Å²) in [7, 11) is 2.02. The molecule has 19 heavy (non-hydrogen) atoms. The molecule has 0 spiro atoms. The zero-order valence-electron chi connectivity index (χ0n) is 10.9. The molecule has 0 radical (unpaired) electrons. The third-order valence-electron chi connectivity index (χ3n) is 3.18. The topological polar surface area (TPSA) is 41.3 Å². The zero-order chi connectivity index (χ0) is 13.7. The highest BCUT2D eigenvalue weighted by Crippen LogP contribution is 2.22. The highest BCUT2D eigenvalue weighted by Gasteiger charge is 2.16. The van der Waals surface area contributed by atoms with Gasteiger partial charge < -0.3 is 5.11 Å². The lowest BCUT2D eigenvalue weighted by Gasteiger charge is -2.27. The second-order valence-electron chi connectivity index (χ2n) is 4.50. The van der Waals surface area contributed by atoms with Gasteiger partial charge in [0.05, 0.1) is 19.2 Å². The average molecular weight is 324 g/mol. The lowest BCUT2D eigenvalue weighted by Crippen LogP contribution is -2.30. The molecule has 1 atom stereocenters. The van der Waals surface area contributed by atoms with Gasteiger partial charge in [0, 0.05) is 23.4 Å². The number of likely N-dealkylation sites (N-methyl/N-ethyl adjacent to an activating group) is 1. The average Bonchev–Trinajstić information content (AvgIpc) is 2.90. The molecular formula is C14H18BrN3O. The Labute approximate surface area is 121 Å². The molecule has 0 fully saturated rings. The van der Waals surface area contributed by atoms with Gasteiger partial charge in [0.1, 0.15) is 0 Å². The summed E-state index contributed by atoms with van der Waals surface area (Å²) in [5.41, 5.74) is 1.11. The summed E-state index contributed by atoms with van der Waals surface area (Å²) in [4.78, 5) is 2.14. The van der Waals surface area contributed by atoms with Crippen LogP contribution in [0, 0.1) is 0 Å². The van der Waals surface area contributed by atoms with Crippen molar-refractivity contribution in [2.45, 2.75) is 12.6 Å². The molecular weight excluding hydrogens is 306 g/mol. The van der Waals surface area contributed by atoms with Crippen LogP contribution >= 0.6 is 15.9 Å². The number of nitrogens with zero attached hydrogens (tertiary/aromatic N) is 3. The molecule has 102 valence electrons. The van der Waals surface area contributed by atoms with E-state index in [2.05, 4.69) is 25.9 Å². The highest BCUT2D eigenvalue weighted by molar-refractivity contribution is 9.10. The molecule has 0 amide bonds. The van der Waals surface area contributed by atoms with E-state index in [1.807, 2.05) is 48.3 Å². The number of aliphatic hydroxyl groups is 1. The predicted molar refractivity (Wildman–Crippen MR) is 78.8 cm³/mol. The first kappa shape index (κ1) is 14.2. The SMILES string of the molecule is CN(CCn1cccn1)[C@@H](CO)c1cccc(Br)c1. The maximum Gasteiger partial charge on any atom is 0.0628 e. The van der Waals surface area contributed by atoms with E-state index in [-0.39, 0.29) is 12.6 Å². The van der Waals surface area contributed by atoms with Crippen LogP contribution in [0.3, 0.4) is 0 Å². The number of hydrogen-bond donors (Lipinski definition) is 1. The van der Waals surface area contributed by atoms with Crippen molar-refractivity contribution in [1.82, 2.24) is 14.7 Å². The van der Waals surface area contributed by atoms with Crippen molar-refractivity contribution in [3.63, 3.8) is 0 Å². The van der Waals surface area contributed by atoms with Gasteiger partial charge in [0.15, 0.2) is 0 Å². The number of hydrogen-bond acceptors (Lipinski definition) is 3. The van der Waals surface area contributed by atoms with E-state index < -0.39 is 0 Å². The van der Waals surface area contributed by atoms with Crippen molar-refractivity contribution < 1.29 is 5.11 Å². The Morgan fingerprint density at radius 1 is 1.42 bits per heavy atom. The van der Waals surface area contributed by atoms with Crippen LogP contribution < -0.4 is 0 Å². The Balaban J connectivity index is 2.00. The molecule has 1 aromatic heterocycles. The molecule has 5 heteroatoms. The summed E-state index contributed by atoms with van der Waals surface area (Å²) in [6.45, 7) is 1.75. The second kappa shape index (κ2) is 6.84. The largest absolute Gasteiger partial charge is 0.394 e. The fraction of sp³-hybridized carbons (Fsp3) is 0.357. The summed E-state index contributed by atoms with van der Waals surface area (Å²) < 4.78 is 2.93. The van der Waals surface area contributed by atoms with Crippen molar-refractivity contribution in [3.05, 3.63) is 52.8 Å². The van der Waals surface area contributed by atoms with E-state index >= 15 is 0 Å². The Kier molecular flexibility index (Phi) is 5.13. The van der Waals surface area contributed by atoms with Gasteiger partial charge in [-0.25, -0.2) is 0 Å². The summed E-state index contributed by atoms with van der Waals surface area (Å²) in [5.74, 6) is 0. The molecule has 0 unspecified atom stereocenters. The predicted octanol–water partition coefficient (Wildman–Crippen LogP) is 2.31. The quantitative estimate of drug-likeness (QED) is 0.887. The number of benzene rings is 1. The van der Waals surface area contributed by atoms with Gasteiger partial charge in [0.2, 0.25) is 0 Å². The van der Waals surface area contributed by atoms with Gasteiger partial charge in [-0.1, -0.05) is 28.1 Å². The van der Waals surface area contributed by atoms with Crippen LogP contribution in [-0.2, 0) is 6.54 Å². The first-order valence-corrected chi connectivity index (χ1v) is 7.04. The minimum absolute atomic E-state index is 0.00747. The van der Waals surface area contributed by atoms with Crippen LogP contribution in [-0.4, -0.2) is 40.0 Å². The normalized spacial score (nSPS) is 12.8. The van der Waals surface area contributed by atoms with Gasteiger partial charge in [-0.05, 0) is 30.8 Å². The first-order chi connectivity index (χ1) is 9.20. The second-order valence-corrected chi connectivity index (χ2v) is 5.42. The third-order valence-corrected chi connectivity index (χ3v) is 3.67. The van der Waals surface area contributed by atoms with Crippen LogP contribution in [0.15, 0.2) is 47.2 Å². The molecule has 0 aliphatic carbocycles. The lowest BCUT2D eigenvalue weighted by molar-refractivity contribution is 0.143. The minimum atomic E-state index is 0.00747. The van der Waals surface area contributed by atoms with Crippen LogP contribution in [0.5, 0.6) is 0 Å². The van der Waals surface area contributed by atoms with Crippen molar-refractivity contribution in [2.24, 2.45) is 0 Å². The van der Waals surface area contributed by atoms with Crippen molar-refractivity contribution in [3.8, 4) is 0 Å². The standard InChI is InChI=1S/C14H18BrN3O/c1-17(8-9-18-7-3-6-16-18)14(11-19)12-4-2-5-13(15)10-12/h2-7,10,14,19H,8-9,11H2,1H3/t14-/m0/s1. The number of halogens is 1. The first-order valence-electron chi connectivity index (χ1n) is 6.24. The van der Waals surface area contributed by atoms with E-state index in [0.29, 0.717) is 0 Å². The van der Waals surface area contributed by atoms with Gasteiger partial charge in [-0.3, -0.25) is 9.58 Å². The van der Waals surface area contributed by atoms with Crippen LogP contribution in [0.1, 0.15) is 11.6 Å². The molecule has 0 aliphatic heterocycles. The van der Waals surface area contributed by atoms with E-state index in [1.54, 1.807) is 6.20 Å². The molecule has 0 bridgehead atoms. The Morgan fingerprint density at radius 2 is 2.26 bits per heavy atom. The van der Waals surface area contributed by atoms with Gasteiger partial charge in [-0.2, -0.15) is 5.10 Å². The summed E-state index contributed by atoms with van der Waals surface area (Å²) >= 11 is 3.46. The fourth-order valence-corrected chi connectivity index (χ4v) is 2.48. The molecule has 0 aliphatic rings. The van der Waals surface area contributed by atoms with Gasteiger partial charge in [-0.15, -0.1) is 0 Å². The molecule has 0 saturated carbocycles. The van der Waals surface area contributed by atoms with Crippen LogP contribution in [0.25, 0.3) is 0 Å². The molecule has 1 N–H and O–H groups in total. The van der Waals surface area contributed by atoms with Crippen molar-refractivity contribution in [1.29, 1.82) is 0 Å². The number of rotatable bonds is 6. The third kappa shape index (κ3) is 3.89. The van der Waals surface area contributed by atoms with E-state index in [0.717, 1.165) is 23.1 Å². The maximum absolute atomic E-state index is 9.62. The van der Waals surface area contributed by atoms with Crippen molar-refractivity contribution >= 4 is 15.9 Å². The molecule has 1 aromatic carbocycles. The molecule has 2 aromatic rings. The smallest absolute Gasteiger partial charge is 0.0628 e. The number of aromatic nitrogens is 2. The van der Waals surface area contributed by atoms with Gasteiger partial charge >= 0.3 is 0 Å². The Morgan fingerprint density at radius 3 is 2.89 bits per heavy atom. The molecule has 2 rings (SSSR count). The lowest BCUT2D eigenvalue weighted by atomic mass is 10.1. The van der Waals surface area contributed by atoms with E-state index in [1.165, 1.54) is 0 Å². The fourth-order valence-electron chi connectivity index (χ4n) is 2.06. The Hall–Kier alpha value is -1.17. The number of aliphatic hydroxyl groups excluding tert-OH is 1. The zero-order valence-corrected chi connectivity index (χ0v) is 12.5. The highest BCUT2D eigenvalue weighted by atomic mass is 79.9. The van der Waals surface area contributed by atoms with E-state index in [4.69, 9.17) is 0 Å². The molecule has 4 nitrogen and oxygen atoms in total. The van der Waals surface area contributed by atoms with E-state index in [9.17, 15) is 5.11 Å². The summed E-state index contributed by atoms with van der Waals surface area (Å²) in [6, 6.07) is 9.98. The monoisotopic (exact) mass is 323 g/mol. The maximum atomic E-state index is 9.62. The molecule has 1 heterocycles. The summed E-state index contributed by atoms with van der Waals surface area (Å²) in [6.07, 6.45) is 3.72. The molecule has 0 saturated heterocycles. The van der Waals surface area contributed by atoms with Crippen LogP contribution in [0.4, 0.5) is 0 Å². The summed E-state index contributed by atoms with van der Waals surface area (Å²) in [5, 5.41) is 13.8. The van der Waals surface area contributed by atoms with Gasteiger partial charge in [0.25, 0.3) is 0 Å². The van der Waals surface area contributed by atoms with Crippen molar-refractivity contribution in [2.75, 3.05) is 20.2 Å². The minimum Gasteiger partial charge on any atom is -0.394 e. The Bertz CT molecular complexity index is 501. The van der Waals surface area contributed by atoms with Crippen LogP contribution in [0.2, 0.25) is 0 Å².